The number of aromatic nitrogens is 3. The first-order chi connectivity index (χ1) is 12.8. The standard InChI is InChI=1S/C14H14ClF5N6OS/c1-13(2,10(21)27)11-24-7(15)9(28-11)26-12-23-3-5(14(18,19)20)8(25-12)22-4-6(16)17/h3,6H,4H2,1-2H3,(H2,21,27)(H2,22,23,25,26). The minimum atomic E-state index is -4.84. The van der Waals surface area contributed by atoms with Crippen LogP contribution in [0.15, 0.2) is 6.20 Å². The van der Waals surface area contributed by atoms with Crippen molar-refractivity contribution >= 4 is 45.6 Å². The topological polar surface area (TPSA) is 106 Å². The number of amides is 1. The molecule has 0 bridgehead atoms. The zero-order valence-corrected chi connectivity index (χ0v) is 15.9. The number of nitrogens with two attached hydrogens (primary N) is 1. The molecule has 0 aliphatic heterocycles. The van der Waals surface area contributed by atoms with E-state index in [2.05, 4.69) is 20.3 Å². The van der Waals surface area contributed by atoms with E-state index in [0.717, 1.165) is 11.3 Å². The van der Waals surface area contributed by atoms with E-state index in [-0.39, 0.29) is 21.1 Å². The van der Waals surface area contributed by atoms with Crippen LogP contribution in [0.5, 0.6) is 0 Å². The van der Waals surface area contributed by atoms with Gasteiger partial charge in [-0.2, -0.15) is 18.2 Å². The van der Waals surface area contributed by atoms with Crippen molar-refractivity contribution in [1.29, 1.82) is 0 Å². The maximum atomic E-state index is 13.0. The Kier molecular flexibility index (Phi) is 6.28. The SMILES string of the molecule is CC(C)(C(N)=O)c1nc(Cl)c(Nc2ncc(C(F)(F)F)c(NCC(F)F)n2)s1. The van der Waals surface area contributed by atoms with Gasteiger partial charge in [0.2, 0.25) is 11.9 Å². The fourth-order valence-electron chi connectivity index (χ4n) is 1.81. The summed E-state index contributed by atoms with van der Waals surface area (Å²) in [6.07, 6.45) is -7.28. The number of carbonyl (C=O) groups excluding carboxylic acids is 1. The maximum absolute atomic E-state index is 13.0. The third-order valence-corrected chi connectivity index (χ3v) is 5.16. The summed E-state index contributed by atoms with van der Waals surface area (Å²) < 4.78 is 63.7. The number of carbonyl (C=O) groups is 1. The van der Waals surface area contributed by atoms with E-state index >= 15 is 0 Å². The average Bonchev–Trinajstić information content (AvgIpc) is 2.93. The van der Waals surface area contributed by atoms with Gasteiger partial charge in [-0.15, -0.1) is 0 Å². The number of thiazole rings is 1. The fraction of sp³-hybridized carbons (Fsp3) is 0.429. The zero-order chi connectivity index (χ0) is 21.3. The predicted octanol–water partition coefficient (Wildman–Crippen LogP) is 3.79. The number of halogens is 6. The van der Waals surface area contributed by atoms with E-state index in [1.807, 2.05) is 5.32 Å². The molecule has 4 N–H and O–H groups in total. The summed E-state index contributed by atoms with van der Waals surface area (Å²) in [5, 5.41) is 4.82. The average molecular weight is 445 g/mol. The molecule has 2 heterocycles. The van der Waals surface area contributed by atoms with Crippen molar-refractivity contribution in [2.45, 2.75) is 31.9 Å². The van der Waals surface area contributed by atoms with Crippen LogP contribution < -0.4 is 16.4 Å². The second kappa shape index (κ2) is 7.99. The highest BCUT2D eigenvalue weighted by molar-refractivity contribution is 7.16. The Morgan fingerprint density at radius 2 is 1.96 bits per heavy atom. The summed E-state index contributed by atoms with van der Waals surface area (Å²) >= 11 is 6.91. The van der Waals surface area contributed by atoms with Gasteiger partial charge in [-0.05, 0) is 13.8 Å². The first-order valence-electron chi connectivity index (χ1n) is 7.52. The number of hydrogen-bond acceptors (Lipinski definition) is 7. The zero-order valence-electron chi connectivity index (χ0n) is 14.4. The van der Waals surface area contributed by atoms with Crippen molar-refractivity contribution in [3.8, 4) is 0 Å². The molecule has 0 aliphatic carbocycles. The van der Waals surface area contributed by atoms with Crippen LogP contribution in [0, 0.1) is 0 Å². The molecule has 0 fully saturated rings. The van der Waals surface area contributed by atoms with E-state index < -0.39 is 41.8 Å². The summed E-state index contributed by atoms with van der Waals surface area (Å²) in [6, 6.07) is 0. The van der Waals surface area contributed by atoms with Gasteiger partial charge < -0.3 is 16.4 Å². The molecule has 2 rings (SSSR count). The molecule has 0 aliphatic rings. The minimum absolute atomic E-state index is 0.0834. The Balaban J connectivity index is 2.35. The van der Waals surface area contributed by atoms with Gasteiger partial charge in [0.1, 0.15) is 21.4 Å². The molecule has 2 aromatic rings. The van der Waals surface area contributed by atoms with Crippen LogP contribution in [-0.4, -0.2) is 33.8 Å². The Bertz CT molecular complexity index is 872. The third-order valence-electron chi connectivity index (χ3n) is 3.48. The first-order valence-corrected chi connectivity index (χ1v) is 8.71. The van der Waals surface area contributed by atoms with E-state index in [4.69, 9.17) is 17.3 Å². The molecule has 0 saturated carbocycles. The number of nitrogens with zero attached hydrogens (tertiary/aromatic N) is 3. The van der Waals surface area contributed by atoms with Crippen LogP contribution in [0.2, 0.25) is 5.15 Å². The molecule has 7 nitrogen and oxygen atoms in total. The number of anilines is 3. The highest BCUT2D eigenvalue weighted by Crippen LogP contribution is 2.38. The Morgan fingerprint density at radius 1 is 1.32 bits per heavy atom. The highest BCUT2D eigenvalue weighted by atomic mass is 35.5. The summed E-state index contributed by atoms with van der Waals surface area (Å²) in [7, 11) is 0. The van der Waals surface area contributed by atoms with E-state index in [1.54, 1.807) is 0 Å². The second-order valence-electron chi connectivity index (χ2n) is 5.98. The van der Waals surface area contributed by atoms with E-state index in [0.29, 0.717) is 6.20 Å². The van der Waals surface area contributed by atoms with Gasteiger partial charge in [-0.1, -0.05) is 22.9 Å². The van der Waals surface area contributed by atoms with Crippen molar-refractivity contribution < 1.29 is 26.7 Å². The molecular formula is C14H14ClF5N6OS. The summed E-state index contributed by atoms with van der Waals surface area (Å²) in [4.78, 5) is 22.7. The van der Waals surface area contributed by atoms with Crippen LogP contribution in [0.4, 0.5) is 38.7 Å². The number of nitrogens with one attached hydrogen (secondary N) is 2. The van der Waals surface area contributed by atoms with Crippen LogP contribution in [0.3, 0.4) is 0 Å². The molecule has 0 unspecified atom stereocenters. The van der Waals surface area contributed by atoms with Crippen molar-refractivity contribution in [3.63, 3.8) is 0 Å². The van der Waals surface area contributed by atoms with Crippen molar-refractivity contribution in [1.82, 2.24) is 15.0 Å². The third kappa shape index (κ3) is 4.95. The lowest BCUT2D eigenvalue weighted by atomic mass is 9.94. The van der Waals surface area contributed by atoms with Crippen LogP contribution in [0.25, 0.3) is 0 Å². The maximum Gasteiger partial charge on any atom is 0.421 e. The predicted molar refractivity (Wildman–Crippen MR) is 94.2 cm³/mol. The quantitative estimate of drug-likeness (QED) is 0.561. The highest BCUT2D eigenvalue weighted by Gasteiger charge is 2.36. The van der Waals surface area contributed by atoms with Crippen LogP contribution in [0.1, 0.15) is 24.4 Å². The van der Waals surface area contributed by atoms with Gasteiger partial charge in [0.25, 0.3) is 6.43 Å². The van der Waals surface area contributed by atoms with Gasteiger partial charge in [0, 0.05) is 6.20 Å². The van der Waals surface area contributed by atoms with Crippen molar-refractivity contribution in [3.05, 3.63) is 21.9 Å². The molecular weight excluding hydrogens is 431 g/mol. The number of hydrogen-bond donors (Lipinski definition) is 3. The summed E-state index contributed by atoms with van der Waals surface area (Å²) in [5.74, 6) is -1.81. The Hall–Kier alpha value is -2.28. The molecule has 2 aromatic heterocycles. The van der Waals surface area contributed by atoms with Gasteiger partial charge in [0.05, 0.1) is 12.0 Å². The van der Waals surface area contributed by atoms with Gasteiger partial charge >= 0.3 is 6.18 Å². The molecule has 28 heavy (non-hydrogen) atoms. The largest absolute Gasteiger partial charge is 0.421 e. The van der Waals surface area contributed by atoms with Crippen molar-refractivity contribution in [2.75, 3.05) is 17.2 Å². The summed E-state index contributed by atoms with van der Waals surface area (Å²) in [6.45, 7) is 2.02. The van der Waals surface area contributed by atoms with Gasteiger partial charge in [-0.3, -0.25) is 4.79 Å². The lowest BCUT2D eigenvalue weighted by molar-refractivity contribution is -0.137. The van der Waals surface area contributed by atoms with Gasteiger partial charge in [-0.25, -0.2) is 18.7 Å². The number of alkyl halides is 5. The Labute approximate surface area is 164 Å². The van der Waals surface area contributed by atoms with Crippen LogP contribution >= 0.6 is 22.9 Å². The molecule has 0 saturated heterocycles. The number of primary amides is 1. The minimum Gasteiger partial charge on any atom is -0.369 e. The molecule has 0 spiro atoms. The summed E-state index contributed by atoms with van der Waals surface area (Å²) in [5.41, 5.74) is 2.87. The van der Waals surface area contributed by atoms with E-state index in [9.17, 15) is 26.7 Å². The molecule has 154 valence electrons. The first kappa shape index (κ1) is 22.0. The normalized spacial score (nSPS) is 12.3. The monoisotopic (exact) mass is 444 g/mol. The van der Waals surface area contributed by atoms with Crippen molar-refractivity contribution in [2.24, 2.45) is 5.73 Å². The molecule has 0 radical (unpaired) electrons. The molecule has 0 aromatic carbocycles. The smallest absolute Gasteiger partial charge is 0.369 e. The lowest BCUT2D eigenvalue weighted by Gasteiger charge is -2.16. The molecule has 1 amide bonds. The second-order valence-corrected chi connectivity index (χ2v) is 7.34. The van der Waals surface area contributed by atoms with Gasteiger partial charge in [0.15, 0.2) is 5.15 Å². The lowest BCUT2D eigenvalue weighted by Crippen LogP contribution is -2.35. The Morgan fingerprint density at radius 3 is 2.50 bits per heavy atom. The molecule has 0 atom stereocenters. The van der Waals surface area contributed by atoms with E-state index in [1.165, 1.54) is 13.8 Å². The number of rotatable bonds is 7. The fourth-order valence-corrected chi connectivity index (χ4v) is 3.07. The van der Waals surface area contributed by atoms with Crippen LogP contribution in [-0.2, 0) is 16.4 Å². The molecule has 14 heteroatoms.